The molecule has 0 fully saturated rings. The summed E-state index contributed by atoms with van der Waals surface area (Å²) in [7, 11) is 0. The second-order valence-corrected chi connectivity index (χ2v) is 5.68. The Kier molecular flexibility index (Phi) is 2.88. The fourth-order valence-electron chi connectivity index (χ4n) is 2.59. The van der Waals surface area contributed by atoms with Crippen LogP contribution in [0.2, 0.25) is 10.0 Å². The Bertz CT molecular complexity index is 929. The molecule has 102 valence electrons. The zero-order chi connectivity index (χ0) is 14.4. The molecule has 4 heteroatoms. The van der Waals surface area contributed by atoms with Crippen LogP contribution in [-0.2, 0) is 0 Å². The fraction of sp³-hybridized carbons (Fsp3) is 0. The van der Waals surface area contributed by atoms with Crippen LogP contribution < -0.4 is 0 Å². The van der Waals surface area contributed by atoms with E-state index in [9.17, 15) is 0 Å². The van der Waals surface area contributed by atoms with Crippen molar-refractivity contribution in [2.45, 2.75) is 0 Å². The van der Waals surface area contributed by atoms with Crippen LogP contribution >= 0.6 is 23.2 Å². The van der Waals surface area contributed by atoms with Gasteiger partial charge in [0, 0.05) is 5.56 Å². The molecule has 21 heavy (non-hydrogen) atoms. The summed E-state index contributed by atoms with van der Waals surface area (Å²) >= 11 is 12.4. The molecule has 0 aliphatic rings. The number of nitrogens with one attached hydrogen (secondary N) is 1. The minimum atomic E-state index is 0.595. The van der Waals surface area contributed by atoms with Gasteiger partial charge in [0.05, 0.1) is 15.6 Å². The van der Waals surface area contributed by atoms with Gasteiger partial charge in [-0.3, -0.25) is 0 Å². The molecule has 0 saturated carbocycles. The second kappa shape index (κ2) is 4.76. The smallest absolute Gasteiger partial charge is 0.139 e. The van der Waals surface area contributed by atoms with Crippen molar-refractivity contribution >= 4 is 45.0 Å². The molecule has 2 nitrogen and oxygen atoms in total. The largest absolute Gasteiger partial charge is 0.337 e. The van der Waals surface area contributed by atoms with Gasteiger partial charge in [-0.05, 0) is 22.9 Å². The lowest BCUT2D eigenvalue weighted by Crippen LogP contribution is -1.83. The van der Waals surface area contributed by atoms with Crippen molar-refractivity contribution in [2.75, 3.05) is 0 Å². The Labute approximate surface area is 131 Å². The first kappa shape index (κ1) is 12.7. The third-order valence-corrected chi connectivity index (χ3v) is 4.21. The number of H-pyrrole nitrogens is 1. The number of halogens is 2. The predicted molar refractivity (Wildman–Crippen MR) is 89.1 cm³/mol. The van der Waals surface area contributed by atoms with Crippen LogP contribution in [-0.4, -0.2) is 9.97 Å². The highest BCUT2D eigenvalue weighted by Gasteiger charge is 2.12. The first-order valence-corrected chi connectivity index (χ1v) is 7.31. The molecule has 0 spiro atoms. The molecule has 1 N–H and O–H groups in total. The predicted octanol–water partition coefficient (Wildman–Crippen LogP) is 5.69. The van der Waals surface area contributed by atoms with E-state index in [1.807, 2.05) is 24.3 Å². The van der Waals surface area contributed by atoms with E-state index in [4.69, 9.17) is 23.2 Å². The number of nitrogens with zero attached hydrogens (tertiary/aromatic N) is 1. The highest BCUT2D eigenvalue weighted by atomic mass is 35.5. The van der Waals surface area contributed by atoms with E-state index >= 15 is 0 Å². The van der Waals surface area contributed by atoms with Crippen molar-refractivity contribution in [2.24, 2.45) is 0 Å². The summed E-state index contributed by atoms with van der Waals surface area (Å²) in [6, 6.07) is 17.9. The Morgan fingerprint density at radius 2 is 1.57 bits per heavy atom. The number of benzene rings is 3. The number of hydrogen-bond donors (Lipinski definition) is 1. The van der Waals surface area contributed by atoms with Crippen LogP contribution in [0.5, 0.6) is 0 Å². The Balaban J connectivity index is 2.05. The van der Waals surface area contributed by atoms with E-state index in [2.05, 4.69) is 28.2 Å². The van der Waals surface area contributed by atoms with Gasteiger partial charge in [0.1, 0.15) is 11.3 Å². The van der Waals surface area contributed by atoms with Crippen molar-refractivity contribution in [3.8, 4) is 11.4 Å². The molecule has 0 unspecified atom stereocenters. The summed E-state index contributed by atoms with van der Waals surface area (Å²) in [6.07, 6.45) is 0. The lowest BCUT2D eigenvalue weighted by Gasteiger charge is -2.03. The standard InChI is InChI=1S/C17H10Cl2N2/c18-13-8-9-14(19)16-15(13)20-17(21-16)12-7-3-5-10-4-1-2-6-11(10)12/h1-9H,(H,20,21). The molecule has 1 aromatic heterocycles. The van der Waals surface area contributed by atoms with E-state index < -0.39 is 0 Å². The monoisotopic (exact) mass is 312 g/mol. The van der Waals surface area contributed by atoms with Gasteiger partial charge < -0.3 is 4.98 Å². The average Bonchev–Trinajstić information content (AvgIpc) is 2.97. The van der Waals surface area contributed by atoms with Gasteiger partial charge >= 0.3 is 0 Å². The van der Waals surface area contributed by atoms with Gasteiger partial charge in [-0.15, -0.1) is 0 Å². The van der Waals surface area contributed by atoms with Crippen LogP contribution in [0, 0.1) is 0 Å². The Hall–Kier alpha value is -2.03. The SMILES string of the molecule is Clc1ccc(Cl)c2[nH]c(-c3cccc4ccccc34)nc12. The van der Waals surface area contributed by atoms with E-state index in [0.717, 1.165) is 22.3 Å². The minimum absolute atomic E-state index is 0.595. The van der Waals surface area contributed by atoms with Crippen LogP contribution in [0.3, 0.4) is 0 Å². The number of rotatable bonds is 1. The Morgan fingerprint density at radius 1 is 0.810 bits per heavy atom. The molecular formula is C17H10Cl2N2. The zero-order valence-electron chi connectivity index (χ0n) is 10.9. The molecule has 0 amide bonds. The summed E-state index contributed by atoms with van der Waals surface area (Å²) < 4.78 is 0. The number of fused-ring (bicyclic) bond motifs is 2. The summed E-state index contributed by atoms with van der Waals surface area (Å²) in [4.78, 5) is 7.91. The van der Waals surface area contributed by atoms with E-state index in [0.29, 0.717) is 15.6 Å². The summed E-state index contributed by atoms with van der Waals surface area (Å²) in [5.41, 5.74) is 2.51. The van der Waals surface area contributed by atoms with Crippen molar-refractivity contribution in [1.29, 1.82) is 0 Å². The summed E-state index contributed by atoms with van der Waals surface area (Å²) in [6.45, 7) is 0. The first-order chi connectivity index (χ1) is 10.2. The van der Waals surface area contributed by atoms with Gasteiger partial charge in [-0.1, -0.05) is 65.7 Å². The molecule has 0 aliphatic carbocycles. The number of aromatic amines is 1. The number of aromatic nitrogens is 2. The van der Waals surface area contributed by atoms with Crippen LogP contribution in [0.25, 0.3) is 33.2 Å². The third-order valence-electron chi connectivity index (χ3n) is 3.59. The number of hydrogen-bond acceptors (Lipinski definition) is 1. The average molecular weight is 313 g/mol. The normalized spacial score (nSPS) is 11.3. The molecule has 1 heterocycles. The van der Waals surface area contributed by atoms with E-state index in [1.165, 1.54) is 5.39 Å². The third kappa shape index (κ3) is 1.99. The van der Waals surface area contributed by atoms with E-state index in [1.54, 1.807) is 12.1 Å². The van der Waals surface area contributed by atoms with Crippen molar-refractivity contribution in [1.82, 2.24) is 9.97 Å². The molecule has 3 aromatic carbocycles. The maximum Gasteiger partial charge on any atom is 0.139 e. The second-order valence-electron chi connectivity index (χ2n) is 4.86. The topological polar surface area (TPSA) is 28.7 Å². The van der Waals surface area contributed by atoms with Gasteiger partial charge in [0.2, 0.25) is 0 Å². The van der Waals surface area contributed by atoms with Crippen LogP contribution in [0.1, 0.15) is 0 Å². The lowest BCUT2D eigenvalue weighted by molar-refractivity contribution is 1.35. The molecule has 0 radical (unpaired) electrons. The highest BCUT2D eigenvalue weighted by Crippen LogP contribution is 2.33. The molecular weight excluding hydrogens is 303 g/mol. The zero-order valence-corrected chi connectivity index (χ0v) is 12.4. The summed E-state index contributed by atoms with van der Waals surface area (Å²) in [5.74, 6) is 0.775. The lowest BCUT2D eigenvalue weighted by atomic mass is 10.0. The highest BCUT2D eigenvalue weighted by molar-refractivity contribution is 6.39. The van der Waals surface area contributed by atoms with Gasteiger partial charge in [0.15, 0.2) is 0 Å². The number of imidazole rings is 1. The van der Waals surface area contributed by atoms with Gasteiger partial charge in [-0.2, -0.15) is 0 Å². The maximum atomic E-state index is 6.22. The molecule has 0 atom stereocenters. The molecule has 4 aromatic rings. The van der Waals surface area contributed by atoms with Gasteiger partial charge in [-0.25, -0.2) is 4.98 Å². The molecule has 0 saturated heterocycles. The quantitative estimate of drug-likeness (QED) is 0.480. The van der Waals surface area contributed by atoms with Crippen molar-refractivity contribution in [3.05, 3.63) is 64.6 Å². The van der Waals surface area contributed by atoms with Crippen molar-refractivity contribution < 1.29 is 0 Å². The van der Waals surface area contributed by atoms with Crippen LogP contribution in [0.15, 0.2) is 54.6 Å². The minimum Gasteiger partial charge on any atom is -0.337 e. The molecule has 0 aliphatic heterocycles. The van der Waals surface area contributed by atoms with Crippen molar-refractivity contribution in [3.63, 3.8) is 0 Å². The van der Waals surface area contributed by atoms with E-state index in [-0.39, 0.29) is 0 Å². The maximum absolute atomic E-state index is 6.22. The molecule has 0 bridgehead atoms. The molecule has 4 rings (SSSR count). The first-order valence-electron chi connectivity index (χ1n) is 6.56. The summed E-state index contributed by atoms with van der Waals surface area (Å²) in [5, 5.41) is 3.53. The van der Waals surface area contributed by atoms with Crippen LogP contribution in [0.4, 0.5) is 0 Å². The van der Waals surface area contributed by atoms with Gasteiger partial charge in [0.25, 0.3) is 0 Å². The Morgan fingerprint density at radius 3 is 2.43 bits per heavy atom. The fourth-order valence-corrected chi connectivity index (χ4v) is 2.99.